The number of hydrogen-bond donors (Lipinski definition) is 0. The van der Waals surface area contributed by atoms with Crippen LogP contribution in [0.15, 0.2) is 206 Å². The molecule has 0 aliphatic heterocycles. The van der Waals surface area contributed by atoms with E-state index in [9.17, 15) is 0 Å². The highest BCUT2D eigenvalue weighted by atomic mass is 15.0. The van der Waals surface area contributed by atoms with Gasteiger partial charge in [0.1, 0.15) is 0 Å². The Morgan fingerprint density at radius 2 is 0.804 bits per heavy atom. The first-order chi connectivity index (χ1) is 27.7. The Bertz CT molecular complexity index is 2800. The van der Waals surface area contributed by atoms with Gasteiger partial charge in [0.2, 0.25) is 0 Å². The number of benzene rings is 8. The average molecular weight is 716 g/mol. The lowest BCUT2D eigenvalue weighted by molar-refractivity contribution is 0.794. The Balaban J connectivity index is 1.23. The lowest BCUT2D eigenvalue weighted by Gasteiger charge is -2.31. The molecule has 3 nitrogen and oxygen atoms in total. The maximum atomic E-state index is 5.39. The lowest BCUT2D eigenvalue weighted by Crippen LogP contribution is -2.14. The summed E-state index contributed by atoms with van der Waals surface area (Å²) in [6.07, 6.45) is 0.915. The molecule has 10 rings (SSSR count). The molecule has 264 valence electrons. The van der Waals surface area contributed by atoms with E-state index in [1.165, 1.54) is 33.4 Å². The molecule has 56 heavy (non-hydrogen) atoms. The van der Waals surface area contributed by atoms with Gasteiger partial charge in [0.15, 0.2) is 17.5 Å². The second-order valence-electron chi connectivity index (χ2n) is 14.4. The zero-order valence-electron chi connectivity index (χ0n) is 30.8. The van der Waals surface area contributed by atoms with Gasteiger partial charge in [-0.05, 0) is 85.8 Å². The average Bonchev–Trinajstić information content (AvgIpc) is 3.29. The van der Waals surface area contributed by atoms with Crippen LogP contribution >= 0.6 is 0 Å². The van der Waals surface area contributed by atoms with Crippen molar-refractivity contribution in [2.45, 2.75) is 12.3 Å². The fourth-order valence-corrected chi connectivity index (χ4v) is 8.13. The van der Waals surface area contributed by atoms with Crippen molar-refractivity contribution in [3.63, 3.8) is 0 Å². The van der Waals surface area contributed by atoms with Gasteiger partial charge in [-0.25, -0.2) is 15.0 Å². The molecule has 1 aliphatic rings. The summed E-state index contributed by atoms with van der Waals surface area (Å²) in [6, 6.07) is 73.1. The standard InChI is InChI=1S/C53H37N3/c1-5-16-36(17-6-1)39-28-30-41(31-29-39)51-54-52(44-26-15-25-42(32-44)37-18-7-2-8-19-37)56-53(55-51)49-35-45(38-20-9-3-10-21-38)34-48-47(40-22-11-4-12-23-40)33-43-24-13-14-27-46(43)50(48)49/h1-32,34-35,47H,33H2. The molecule has 1 heterocycles. The van der Waals surface area contributed by atoms with Gasteiger partial charge in [0.05, 0.1) is 0 Å². The number of nitrogens with zero attached hydrogens (tertiary/aromatic N) is 3. The maximum Gasteiger partial charge on any atom is 0.164 e. The van der Waals surface area contributed by atoms with E-state index >= 15 is 0 Å². The minimum atomic E-state index is 0.164. The number of fused-ring (bicyclic) bond motifs is 3. The zero-order chi connectivity index (χ0) is 37.3. The van der Waals surface area contributed by atoms with Gasteiger partial charge in [-0.2, -0.15) is 0 Å². The molecule has 3 heteroatoms. The molecule has 1 atom stereocenters. The Labute approximate surface area is 327 Å². The third kappa shape index (κ3) is 6.40. The van der Waals surface area contributed by atoms with Gasteiger partial charge in [0, 0.05) is 22.6 Å². The van der Waals surface area contributed by atoms with E-state index in [0.717, 1.165) is 50.9 Å². The fraction of sp³-hybridized carbons (Fsp3) is 0.0377. The van der Waals surface area contributed by atoms with Crippen LogP contribution in [0.5, 0.6) is 0 Å². The summed E-state index contributed by atoms with van der Waals surface area (Å²) in [7, 11) is 0. The zero-order valence-corrected chi connectivity index (χ0v) is 30.8. The number of hydrogen-bond acceptors (Lipinski definition) is 3. The monoisotopic (exact) mass is 715 g/mol. The third-order valence-electron chi connectivity index (χ3n) is 10.9. The topological polar surface area (TPSA) is 38.7 Å². The molecule has 9 aromatic rings. The van der Waals surface area contributed by atoms with Crippen LogP contribution < -0.4 is 0 Å². The maximum absolute atomic E-state index is 5.39. The first kappa shape index (κ1) is 33.3. The molecule has 8 aromatic carbocycles. The molecule has 0 saturated carbocycles. The summed E-state index contributed by atoms with van der Waals surface area (Å²) in [5, 5.41) is 0. The van der Waals surface area contributed by atoms with Crippen molar-refractivity contribution < 1.29 is 0 Å². The Hall–Kier alpha value is -7.23. The van der Waals surface area contributed by atoms with Gasteiger partial charge in [-0.3, -0.25) is 0 Å². The second kappa shape index (κ2) is 14.5. The van der Waals surface area contributed by atoms with Crippen LogP contribution in [-0.2, 0) is 6.42 Å². The largest absolute Gasteiger partial charge is 0.208 e. The molecule has 1 aliphatic carbocycles. The van der Waals surface area contributed by atoms with Crippen LogP contribution in [-0.4, -0.2) is 15.0 Å². The van der Waals surface area contributed by atoms with E-state index in [2.05, 4.69) is 194 Å². The van der Waals surface area contributed by atoms with Crippen molar-refractivity contribution in [1.29, 1.82) is 0 Å². The van der Waals surface area contributed by atoms with E-state index in [1.807, 2.05) is 12.1 Å². The van der Waals surface area contributed by atoms with E-state index in [4.69, 9.17) is 15.0 Å². The molecule has 0 saturated heterocycles. The van der Waals surface area contributed by atoms with Crippen LogP contribution in [0.1, 0.15) is 22.6 Å². The van der Waals surface area contributed by atoms with Crippen LogP contribution in [0, 0.1) is 0 Å². The van der Waals surface area contributed by atoms with Crippen LogP contribution in [0.2, 0.25) is 0 Å². The second-order valence-corrected chi connectivity index (χ2v) is 14.4. The molecule has 0 spiro atoms. The Morgan fingerprint density at radius 3 is 1.48 bits per heavy atom. The van der Waals surface area contributed by atoms with Crippen molar-refractivity contribution in [3.8, 4) is 78.7 Å². The smallest absolute Gasteiger partial charge is 0.164 e. The summed E-state index contributed by atoms with van der Waals surface area (Å²) < 4.78 is 0. The predicted octanol–water partition coefficient (Wildman–Crippen LogP) is 13.2. The number of aromatic nitrogens is 3. The highest BCUT2D eigenvalue weighted by Gasteiger charge is 2.30. The predicted molar refractivity (Wildman–Crippen MR) is 230 cm³/mol. The minimum Gasteiger partial charge on any atom is -0.208 e. The van der Waals surface area contributed by atoms with Crippen LogP contribution in [0.4, 0.5) is 0 Å². The van der Waals surface area contributed by atoms with Crippen LogP contribution in [0.25, 0.3) is 78.7 Å². The molecule has 1 aromatic heterocycles. The quantitative estimate of drug-likeness (QED) is 0.165. The van der Waals surface area contributed by atoms with Crippen LogP contribution in [0.3, 0.4) is 0 Å². The molecule has 1 unspecified atom stereocenters. The lowest BCUT2D eigenvalue weighted by atomic mass is 9.73. The molecule has 0 radical (unpaired) electrons. The van der Waals surface area contributed by atoms with Crippen molar-refractivity contribution in [2.24, 2.45) is 0 Å². The van der Waals surface area contributed by atoms with Crippen molar-refractivity contribution in [3.05, 3.63) is 223 Å². The van der Waals surface area contributed by atoms with E-state index in [-0.39, 0.29) is 5.92 Å². The minimum absolute atomic E-state index is 0.164. The van der Waals surface area contributed by atoms with E-state index in [0.29, 0.717) is 17.5 Å². The molecular formula is C53H37N3. The molecule has 0 N–H and O–H groups in total. The van der Waals surface area contributed by atoms with Gasteiger partial charge in [0.25, 0.3) is 0 Å². The first-order valence-electron chi connectivity index (χ1n) is 19.2. The summed E-state index contributed by atoms with van der Waals surface area (Å²) in [5.74, 6) is 2.09. The molecule has 0 fully saturated rings. The normalized spacial score (nSPS) is 13.1. The summed E-state index contributed by atoms with van der Waals surface area (Å²) in [4.78, 5) is 16.0. The Morgan fingerprint density at radius 1 is 0.321 bits per heavy atom. The van der Waals surface area contributed by atoms with Gasteiger partial charge < -0.3 is 0 Å². The molecule has 0 amide bonds. The highest BCUT2D eigenvalue weighted by Crippen LogP contribution is 2.48. The summed E-state index contributed by atoms with van der Waals surface area (Å²) in [6.45, 7) is 0. The first-order valence-corrected chi connectivity index (χ1v) is 19.2. The fourth-order valence-electron chi connectivity index (χ4n) is 8.13. The van der Waals surface area contributed by atoms with E-state index < -0.39 is 0 Å². The highest BCUT2D eigenvalue weighted by molar-refractivity contribution is 5.91. The SMILES string of the molecule is c1ccc(-c2ccc(-c3nc(-c4cccc(-c5ccccc5)c4)nc(-c4cc(-c5ccccc5)cc5c4-c4ccccc4CC5c4ccccc4)n3)cc2)cc1. The van der Waals surface area contributed by atoms with Gasteiger partial charge in [-0.1, -0.05) is 188 Å². The third-order valence-corrected chi connectivity index (χ3v) is 10.9. The van der Waals surface area contributed by atoms with Gasteiger partial charge in [-0.15, -0.1) is 0 Å². The van der Waals surface area contributed by atoms with Crippen molar-refractivity contribution >= 4 is 0 Å². The van der Waals surface area contributed by atoms with Crippen molar-refractivity contribution in [2.75, 3.05) is 0 Å². The number of rotatable bonds is 7. The van der Waals surface area contributed by atoms with Gasteiger partial charge >= 0.3 is 0 Å². The van der Waals surface area contributed by atoms with E-state index in [1.54, 1.807) is 0 Å². The molecule has 0 bridgehead atoms. The Kier molecular flexibility index (Phi) is 8.66. The van der Waals surface area contributed by atoms with Crippen molar-refractivity contribution in [1.82, 2.24) is 15.0 Å². The molecular weight excluding hydrogens is 679 g/mol. The summed E-state index contributed by atoms with van der Waals surface area (Å²) in [5.41, 5.74) is 16.1. The summed E-state index contributed by atoms with van der Waals surface area (Å²) >= 11 is 0.